The maximum atomic E-state index is 11.2. The van der Waals surface area contributed by atoms with Gasteiger partial charge in [0, 0.05) is 37.6 Å². The molecule has 13 heavy (non-hydrogen) atoms. The maximum absolute atomic E-state index is 11.2. The van der Waals surface area contributed by atoms with Crippen LogP contribution in [0, 0.1) is 0 Å². The van der Waals surface area contributed by atoms with E-state index in [-0.39, 0.29) is 0 Å². The number of thiocarbonyl (C=S) groups is 1. The fourth-order valence-electron chi connectivity index (χ4n) is 1.41. The summed E-state index contributed by atoms with van der Waals surface area (Å²) in [6.07, 6.45) is 4.30. The van der Waals surface area contributed by atoms with E-state index in [4.69, 9.17) is 0 Å². The number of carbonyl (C=O) groups is 1. The first-order valence-electron chi connectivity index (χ1n) is 4.56. The van der Waals surface area contributed by atoms with E-state index >= 15 is 0 Å². The van der Waals surface area contributed by atoms with E-state index in [1.807, 2.05) is 4.90 Å². The van der Waals surface area contributed by atoms with Gasteiger partial charge in [-0.3, -0.25) is 9.79 Å². The second-order valence-electron chi connectivity index (χ2n) is 3.03. The first-order chi connectivity index (χ1) is 6.34. The zero-order chi connectivity index (χ0) is 9.52. The fourth-order valence-corrected chi connectivity index (χ4v) is 1.50. The lowest BCUT2D eigenvalue weighted by atomic mass is 10.4. The Hall–Kier alpha value is -0.770. The molecular weight excluding hydrogens is 184 g/mol. The van der Waals surface area contributed by atoms with Crippen LogP contribution in [0.4, 0.5) is 0 Å². The van der Waals surface area contributed by atoms with Crippen LogP contribution in [-0.2, 0) is 4.79 Å². The molecule has 1 saturated heterocycles. The standard InChI is InChI=1S/C9H14N2OS/c12-9-3-1-6-11(9)7-2-4-10-5-8-13/h5,8H,1-4,6-7H2. The summed E-state index contributed by atoms with van der Waals surface area (Å²) in [6.45, 7) is 2.53. The number of rotatable bonds is 5. The number of hydrogen-bond donors (Lipinski definition) is 0. The molecule has 0 aromatic rings. The van der Waals surface area contributed by atoms with Crippen molar-refractivity contribution < 1.29 is 4.79 Å². The molecule has 0 aromatic carbocycles. The van der Waals surface area contributed by atoms with E-state index < -0.39 is 0 Å². The molecule has 1 fully saturated rings. The number of amides is 1. The summed E-state index contributed by atoms with van der Waals surface area (Å²) in [4.78, 5) is 17.1. The molecule has 0 saturated carbocycles. The lowest BCUT2D eigenvalue weighted by Crippen LogP contribution is -2.26. The van der Waals surface area contributed by atoms with Crippen LogP contribution in [0.25, 0.3) is 0 Å². The third-order valence-electron chi connectivity index (χ3n) is 2.05. The predicted octanol–water partition coefficient (Wildman–Crippen LogP) is 1.07. The minimum Gasteiger partial charge on any atom is -0.343 e. The number of carbonyl (C=O) groups excluding carboxylic acids is 1. The van der Waals surface area contributed by atoms with Gasteiger partial charge >= 0.3 is 0 Å². The van der Waals surface area contributed by atoms with Gasteiger partial charge in [-0.15, -0.1) is 0 Å². The molecule has 0 spiro atoms. The van der Waals surface area contributed by atoms with Crippen molar-refractivity contribution in [1.82, 2.24) is 4.90 Å². The minimum absolute atomic E-state index is 0.291. The van der Waals surface area contributed by atoms with Crippen LogP contribution in [0.2, 0.25) is 0 Å². The molecule has 0 radical (unpaired) electrons. The second-order valence-corrected chi connectivity index (χ2v) is 3.30. The van der Waals surface area contributed by atoms with E-state index in [9.17, 15) is 4.79 Å². The van der Waals surface area contributed by atoms with E-state index in [1.165, 1.54) is 5.37 Å². The Morgan fingerprint density at radius 1 is 1.62 bits per heavy atom. The van der Waals surface area contributed by atoms with Gasteiger partial charge in [0.1, 0.15) is 0 Å². The van der Waals surface area contributed by atoms with Gasteiger partial charge in [0.15, 0.2) is 0 Å². The molecule has 0 atom stereocenters. The van der Waals surface area contributed by atoms with Crippen LogP contribution in [0.5, 0.6) is 0 Å². The lowest BCUT2D eigenvalue weighted by Gasteiger charge is -2.13. The van der Waals surface area contributed by atoms with Crippen molar-refractivity contribution in [3.8, 4) is 0 Å². The molecule has 1 amide bonds. The highest BCUT2D eigenvalue weighted by Crippen LogP contribution is 2.09. The van der Waals surface area contributed by atoms with Gasteiger partial charge in [0.2, 0.25) is 5.91 Å². The Kier molecular flexibility index (Phi) is 4.60. The fraction of sp³-hybridized carbons (Fsp3) is 0.667. The molecule has 72 valence electrons. The van der Waals surface area contributed by atoms with Gasteiger partial charge in [0.05, 0.1) is 0 Å². The average molecular weight is 198 g/mol. The number of nitrogens with zero attached hydrogens (tertiary/aromatic N) is 2. The van der Waals surface area contributed by atoms with E-state index in [1.54, 1.807) is 6.21 Å². The summed E-state index contributed by atoms with van der Waals surface area (Å²) < 4.78 is 0. The smallest absolute Gasteiger partial charge is 0.222 e. The molecule has 4 heteroatoms. The Balaban J connectivity index is 2.08. The molecule has 0 bridgehead atoms. The lowest BCUT2D eigenvalue weighted by molar-refractivity contribution is -0.127. The van der Waals surface area contributed by atoms with Crippen molar-refractivity contribution in [2.45, 2.75) is 19.3 Å². The zero-order valence-corrected chi connectivity index (χ0v) is 8.42. The topological polar surface area (TPSA) is 32.7 Å². The average Bonchev–Trinajstić information content (AvgIpc) is 2.52. The molecule has 1 heterocycles. The number of hydrogen-bond acceptors (Lipinski definition) is 3. The number of aliphatic imine (C=N–C) groups is 1. The van der Waals surface area contributed by atoms with Crippen molar-refractivity contribution in [2.24, 2.45) is 4.99 Å². The highest BCUT2D eigenvalue weighted by atomic mass is 32.1. The molecule has 1 aliphatic rings. The summed E-state index contributed by atoms with van der Waals surface area (Å²) in [5, 5.41) is 1.50. The molecule has 0 aromatic heterocycles. The quantitative estimate of drug-likeness (QED) is 0.376. The highest BCUT2D eigenvalue weighted by molar-refractivity contribution is 7.80. The monoisotopic (exact) mass is 198 g/mol. The van der Waals surface area contributed by atoms with Crippen molar-refractivity contribution in [1.29, 1.82) is 0 Å². The Morgan fingerprint density at radius 2 is 2.46 bits per heavy atom. The molecular formula is C9H14N2OS. The van der Waals surface area contributed by atoms with E-state index in [0.29, 0.717) is 5.91 Å². The summed E-state index contributed by atoms with van der Waals surface area (Å²) in [5.41, 5.74) is 0. The Bertz CT molecular complexity index is 216. The third kappa shape index (κ3) is 3.63. The predicted molar refractivity (Wildman–Crippen MR) is 57.4 cm³/mol. The summed E-state index contributed by atoms with van der Waals surface area (Å²) >= 11 is 4.59. The Morgan fingerprint density at radius 3 is 3.08 bits per heavy atom. The molecule has 3 nitrogen and oxygen atoms in total. The zero-order valence-electron chi connectivity index (χ0n) is 7.61. The summed E-state index contributed by atoms with van der Waals surface area (Å²) in [7, 11) is 0. The van der Waals surface area contributed by atoms with Gasteiger partial charge in [0.25, 0.3) is 0 Å². The van der Waals surface area contributed by atoms with Crippen LogP contribution in [-0.4, -0.2) is 42.0 Å². The normalized spacial score (nSPS) is 17.2. The Labute approximate surface area is 83.8 Å². The van der Waals surface area contributed by atoms with Gasteiger partial charge < -0.3 is 4.90 Å². The van der Waals surface area contributed by atoms with E-state index in [0.717, 1.165) is 38.9 Å². The maximum Gasteiger partial charge on any atom is 0.222 e. The highest BCUT2D eigenvalue weighted by Gasteiger charge is 2.18. The number of likely N-dealkylation sites (tertiary alicyclic amines) is 1. The van der Waals surface area contributed by atoms with Crippen LogP contribution < -0.4 is 0 Å². The minimum atomic E-state index is 0.291. The van der Waals surface area contributed by atoms with Gasteiger partial charge in [-0.25, -0.2) is 0 Å². The first-order valence-corrected chi connectivity index (χ1v) is 5.03. The van der Waals surface area contributed by atoms with E-state index in [2.05, 4.69) is 17.2 Å². The van der Waals surface area contributed by atoms with Crippen molar-refractivity contribution >= 4 is 29.7 Å². The molecule has 0 aliphatic carbocycles. The third-order valence-corrected chi connectivity index (χ3v) is 2.17. The van der Waals surface area contributed by atoms with Crippen LogP contribution in [0.3, 0.4) is 0 Å². The first kappa shape index (κ1) is 10.3. The van der Waals surface area contributed by atoms with Gasteiger partial charge in [-0.05, 0) is 12.8 Å². The second kappa shape index (κ2) is 5.80. The molecule has 1 rings (SSSR count). The van der Waals surface area contributed by atoms with Gasteiger partial charge in [-0.1, -0.05) is 12.2 Å². The molecule has 0 unspecified atom stereocenters. The van der Waals surface area contributed by atoms with Crippen LogP contribution in [0.15, 0.2) is 4.99 Å². The van der Waals surface area contributed by atoms with Crippen molar-refractivity contribution in [3.05, 3.63) is 0 Å². The van der Waals surface area contributed by atoms with Crippen molar-refractivity contribution in [3.63, 3.8) is 0 Å². The summed E-state index contributed by atoms with van der Waals surface area (Å²) in [5.74, 6) is 0.291. The summed E-state index contributed by atoms with van der Waals surface area (Å²) in [6, 6.07) is 0. The van der Waals surface area contributed by atoms with Crippen LogP contribution in [0.1, 0.15) is 19.3 Å². The largest absolute Gasteiger partial charge is 0.343 e. The SMILES string of the molecule is O=C1CCCN1CCCN=CC=S. The molecule has 0 N–H and O–H groups in total. The molecule has 1 aliphatic heterocycles. The van der Waals surface area contributed by atoms with Crippen LogP contribution >= 0.6 is 12.2 Å². The van der Waals surface area contributed by atoms with Crippen molar-refractivity contribution in [2.75, 3.05) is 19.6 Å². The van der Waals surface area contributed by atoms with Gasteiger partial charge in [-0.2, -0.15) is 0 Å².